The van der Waals surface area contributed by atoms with Gasteiger partial charge in [0.15, 0.2) is 5.82 Å². The molecule has 1 saturated carbocycles. The number of nitrogens with two attached hydrogens (primary N) is 1. The molecular formula is C27H27ClFN5O. The van der Waals surface area contributed by atoms with E-state index in [9.17, 15) is 0 Å². The molecule has 1 saturated heterocycles. The topological polar surface area (TPSA) is 77.2 Å². The zero-order valence-electron chi connectivity index (χ0n) is 19.5. The van der Waals surface area contributed by atoms with Gasteiger partial charge in [0.1, 0.15) is 23.6 Å². The summed E-state index contributed by atoms with van der Waals surface area (Å²) in [7, 11) is 0. The number of piperidine rings is 1. The van der Waals surface area contributed by atoms with Crippen LogP contribution < -0.4 is 15.4 Å². The maximum atomic E-state index is 16.2. The van der Waals surface area contributed by atoms with Crippen molar-refractivity contribution in [3.8, 4) is 17.3 Å². The van der Waals surface area contributed by atoms with Crippen molar-refractivity contribution in [1.29, 1.82) is 0 Å². The molecule has 8 heteroatoms. The van der Waals surface area contributed by atoms with Gasteiger partial charge >= 0.3 is 6.01 Å². The summed E-state index contributed by atoms with van der Waals surface area (Å²) >= 11 is 6.52. The molecule has 2 fully saturated rings. The van der Waals surface area contributed by atoms with E-state index in [-0.39, 0.29) is 29.9 Å². The number of benzene rings is 2. The Balaban J connectivity index is 1.53. The van der Waals surface area contributed by atoms with Gasteiger partial charge in [-0.05, 0) is 49.5 Å². The molecule has 0 amide bonds. The Morgan fingerprint density at radius 2 is 1.89 bits per heavy atom. The van der Waals surface area contributed by atoms with E-state index < -0.39 is 5.82 Å². The fourth-order valence-electron chi connectivity index (χ4n) is 5.59. The fraction of sp³-hybridized carbons (Fsp3) is 0.370. The smallest absolute Gasteiger partial charge is 0.319 e. The first-order valence-electron chi connectivity index (χ1n) is 12.1. The SMILES string of the molecule is C[C@H](N)COc1nc(N2CC3CCC(C3)C2)c2cnc(-c3cccc4cccc(Cl)c34)c(F)c2n1. The van der Waals surface area contributed by atoms with Crippen molar-refractivity contribution in [3.63, 3.8) is 0 Å². The van der Waals surface area contributed by atoms with Crippen LogP contribution in [0.15, 0.2) is 42.6 Å². The number of fused-ring (bicyclic) bond motifs is 4. The second kappa shape index (κ2) is 8.88. The highest BCUT2D eigenvalue weighted by molar-refractivity contribution is 6.36. The molecule has 4 aromatic rings. The van der Waals surface area contributed by atoms with Gasteiger partial charge in [-0.15, -0.1) is 0 Å². The van der Waals surface area contributed by atoms with Gasteiger partial charge in [0.2, 0.25) is 0 Å². The Labute approximate surface area is 208 Å². The van der Waals surface area contributed by atoms with Crippen LogP contribution in [-0.2, 0) is 0 Å². The van der Waals surface area contributed by atoms with Gasteiger partial charge in [-0.1, -0.05) is 41.9 Å². The van der Waals surface area contributed by atoms with Gasteiger partial charge in [-0.3, -0.25) is 4.98 Å². The highest BCUT2D eigenvalue weighted by Crippen LogP contribution is 2.41. The van der Waals surface area contributed by atoms with Gasteiger partial charge in [0.05, 0.1) is 5.39 Å². The lowest BCUT2D eigenvalue weighted by Gasteiger charge is -2.33. The van der Waals surface area contributed by atoms with Crippen LogP contribution in [-0.4, -0.2) is 40.7 Å². The number of pyridine rings is 1. The van der Waals surface area contributed by atoms with E-state index in [0.717, 1.165) is 23.9 Å². The molecule has 0 spiro atoms. The summed E-state index contributed by atoms with van der Waals surface area (Å²) in [5.41, 5.74) is 6.92. The zero-order valence-corrected chi connectivity index (χ0v) is 20.3. The monoisotopic (exact) mass is 491 g/mol. The third kappa shape index (κ3) is 4.06. The van der Waals surface area contributed by atoms with E-state index in [1.807, 2.05) is 37.3 Å². The van der Waals surface area contributed by atoms with Crippen LogP contribution in [0.2, 0.25) is 5.02 Å². The van der Waals surface area contributed by atoms with Crippen LogP contribution in [0.3, 0.4) is 0 Å². The van der Waals surface area contributed by atoms with Crippen LogP contribution in [0.5, 0.6) is 6.01 Å². The average molecular weight is 492 g/mol. The van der Waals surface area contributed by atoms with Crippen LogP contribution in [0.1, 0.15) is 26.2 Å². The van der Waals surface area contributed by atoms with Crippen LogP contribution >= 0.6 is 11.6 Å². The highest BCUT2D eigenvalue weighted by atomic mass is 35.5. The summed E-state index contributed by atoms with van der Waals surface area (Å²) < 4.78 is 22.0. The lowest BCUT2D eigenvalue weighted by molar-refractivity contribution is 0.274. The Kier molecular flexibility index (Phi) is 5.69. The van der Waals surface area contributed by atoms with Crippen molar-refractivity contribution in [2.75, 3.05) is 24.6 Å². The molecule has 1 aliphatic carbocycles. The molecular weight excluding hydrogens is 465 g/mol. The lowest BCUT2D eigenvalue weighted by Crippen LogP contribution is -2.37. The minimum absolute atomic E-state index is 0.134. The van der Waals surface area contributed by atoms with Crippen LogP contribution in [0.25, 0.3) is 32.9 Å². The summed E-state index contributed by atoms with van der Waals surface area (Å²) in [4.78, 5) is 16.0. The summed E-state index contributed by atoms with van der Waals surface area (Å²) in [5.74, 6) is 1.45. The quantitative estimate of drug-likeness (QED) is 0.391. The number of halogens is 2. The van der Waals surface area contributed by atoms with Crippen molar-refractivity contribution < 1.29 is 9.13 Å². The Hall–Kier alpha value is -3.03. The van der Waals surface area contributed by atoms with Gasteiger partial charge in [0.25, 0.3) is 0 Å². The summed E-state index contributed by atoms with van der Waals surface area (Å²) in [6.07, 6.45) is 5.41. The maximum Gasteiger partial charge on any atom is 0.319 e. The van der Waals surface area contributed by atoms with E-state index in [0.29, 0.717) is 33.6 Å². The van der Waals surface area contributed by atoms with Crippen LogP contribution in [0.4, 0.5) is 10.2 Å². The molecule has 2 aliphatic rings. The normalized spacial score (nSPS) is 20.5. The molecule has 3 heterocycles. The molecule has 2 aromatic heterocycles. The van der Waals surface area contributed by atoms with Gasteiger partial charge < -0.3 is 15.4 Å². The van der Waals surface area contributed by atoms with E-state index in [1.165, 1.54) is 19.3 Å². The molecule has 2 unspecified atom stereocenters. The van der Waals surface area contributed by atoms with Crippen molar-refractivity contribution in [2.24, 2.45) is 17.6 Å². The second-order valence-electron chi connectivity index (χ2n) is 9.89. The third-order valence-corrected chi connectivity index (χ3v) is 7.45. The van der Waals surface area contributed by atoms with Gasteiger partial charge in [-0.25, -0.2) is 4.39 Å². The Bertz CT molecular complexity index is 1410. The molecule has 2 bridgehead atoms. The maximum absolute atomic E-state index is 16.2. The minimum Gasteiger partial charge on any atom is -0.462 e. The molecule has 6 rings (SSSR count). The standard InChI is InChI=1S/C27H27ClFN5O/c1-15(30)14-35-27-32-25-20(26(33-27)34-12-16-8-9-17(10-16)13-34)11-31-24(23(25)29)19-6-2-4-18-5-3-7-21(28)22(18)19/h2-7,11,15-17H,8-10,12-14,30H2,1H3/t15-,16?,17?/m0/s1. The largest absolute Gasteiger partial charge is 0.462 e. The van der Waals surface area contributed by atoms with Crippen molar-refractivity contribution in [1.82, 2.24) is 15.0 Å². The molecule has 35 heavy (non-hydrogen) atoms. The molecule has 2 N–H and O–H groups in total. The number of ether oxygens (including phenoxy) is 1. The van der Waals surface area contributed by atoms with Crippen molar-refractivity contribution in [2.45, 2.75) is 32.2 Å². The van der Waals surface area contributed by atoms with E-state index in [1.54, 1.807) is 12.3 Å². The lowest BCUT2D eigenvalue weighted by atomic mass is 9.98. The molecule has 0 radical (unpaired) electrons. The fourth-order valence-corrected chi connectivity index (χ4v) is 5.88. The van der Waals surface area contributed by atoms with Crippen LogP contribution in [0, 0.1) is 17.7 Å². The minimum atomic E-state index is -0.510. The number of hydrogen-bond donors (Lipinski definition) is 1. The predicted octanol–water partition coefficient (Wildman–Crippen LogP) is 5.60. The molecule has 6 nitrogen and oxygen atoms in total. The third-order valence-electron chi connectivity index (χ3n) is 7.13. The van der Waals surface area contributed by atoms with Gasteiger partial charge in [-0.2, -0.15) is 9.97 Å². The first kappa shape index (κ1) is 22.4. The molecule has 3 atom stereocenters. The molecule has 2 aromatic carbocycles. The average Bonchev–Trinajstić information content (AvgIpc) is 3.20. The first-order chi connectivity index (χ1) is 17.0. The van der Waals surface area contributed by atoms with Crippen molar-refractivity contribution in [3.05, 3.63) is 53.4 Å². The van der Waals surface area contributed by atoms with E-state index in [2.05, 4.69) is 14.9 Å². The number of anilines is 1. The van der Waals surface area contributed by atoms with Gasteiger partial charge in [0, 0.05) is 41.3 Å². The summed E-state index contributed by atoms with van der Waals surface area (Å²) in [6, 6.07) is 11.2. The Morgan fingerprint density at radius 3 is 2.63 bits per heavy atom. The number of hydrogen-bond acceptors (Lipinski definition) is 6. The Morgan fingerprint density at radius 1 is 1.14 bits per heavy atom. The second-order valence-corrected chi connectivity index (χ2v) is 10.3. The molecule has 180 valence electrons. The number of aromatic nitrogens is 3. The highest BCUT2D eigenvalue weighted by Gasteiger charge is 2.34. The molecule has 1 aliphatic heterocycles. The predicted molar refractivity (Wildman–Crippen MR) is 137 cm³/mol. The zero-order chi connectivity index (χ0) is 24.1. The first-order valence-corrected chi connectivity index (χ1v) is 12.5. The summed E-state index contributed by atoms with van der Waals surface area (Å²) in [6.45, 7) is 3.89. The number of rotatable bonds is 5. The van der Waals surface area contributed by atoms with E-state index in [4.69, 9.17) is 27.1 Å². The number of nitrogens with zero attached hydrogens (tertiary/aromatic N) is 4. The van der Waals surface area contributed by atoms with E-state index >= 15 is 4.39 Å². The van der Waals surface area contributed by atoms with Crippen molar-refractivity contribution >= 4 is 39.1 Å². The summed E-state index contributed by atoms with van der Waals surface area (Å²) in [5, 5.41) is 2.82.